The molecule has 0 bridgehead atoms. The molecule has 0 aromatic heterocycles. The quantitative estimate of drug-likeness (QED) is 0.796. The van der Waals surface area contributed by atoms with E-state index in [2.05, 4.69) is 12.2 Å². The van der Waals surface area contributed by atoms with Crippen LogP contribution >= 0.6 is 0 Å². The number of piperidine rings is 2. The highest BCUT2D eigenvalue weighted by Gasteiger charge is 2.27. The fraction of sp³-hybridized carbons (Fsp3) is 0.857. The fourth-order valence-electron chi connectivity index (χ4n) is 2.87. The van der Waals surface area contributed by atoms with E-state index in [1.54, 1.807) is 4.90 Å². The molecule has 2 saturated heterocycles. The van der Waals surface area contributed by atoms with Gasteiger partial charge in [0.25, 0.3) is 0 Å². The van der Waals surface area contributed by atoms with Gasteiger partial charge >= 0.3 is 12.1 Å². The second-order valence-corrected chi connectivity index (χ2v) is 5.87. The Morgan fingerprint density at radius 2 is 1.80 bits per heavy atom. The Hall–Kier alpha value is -1.46. The molecule has 6 nitrogen and oxygen atoms in total. The van der Waals surface area contributed by atoms with Crippen LogP contribution in [0.5, 0.6) is 0 Å². The van der Waals surface area contributed by atoms with Crippen molar-refractivity contribution in [2.24, 2.45) is 5.92 Å². The van der Waals surface area contributed by atoms with Crippen LogP contribution in [0.3, 0.4) is 0 Å². The summed E-state index contributed by atoms with van der Waals surface area (Å²) in [6.45, 7) is 5.15. The number of likely N-dealkylation sites (tertiary alicyclic amines) is 2. The Labute approximate surface area is 120 Å². The number of hydrogen-bond acceptors (Lipinski definition) is 3. The molecule has 6 heteroatoms. The third-order valence-electron chi connectivity index (χ3n) is 4.25. The monoisotopic (exact) mass is 283 g/mol. The second-order valence-electron chi connectivity index (χ2n) is 5.87. The first-order chi connectivity index (χ1) is 9.60. The van der Waals surface area contributed by atoms with Crippen molar-refractivity contribution < 1.29 is 14.3 Å². The predicted octanol–water partition coefficient (Wildman–Crippen LogP) is 1.66. The molecule has 0 saturated carbocycles. The Morgan fingerprint density at radius 3 is 2.45 bits per heavy atom. The van der Waals surface area contributed by atoms with E-state index in [1.807, 2.05) is 4.90 Å². The van der Waals surface area contributed by atoms with Crippen LogP contribution in [-0.2, 0) is 4.74 Å². The molecule has 1 N–H and O–H groups in total. The van der Waals surface area contributed by atoms with Crippen LogP contribution in [0.2, 0.25) is 0 Å². The maximum Gasteiger partial charge on any atom is 0.409 e. The number of carbonyl (C=O) groups excluding carboxylic acids is 2. The van der Waals surface area contributed by atoms with Gasteiger partial charge in [-0.2, -0.15) is 0 Å². The molecule has 0 aromatic carbocycles. The zero-order valence-electron chi connectivity index (χ0n) is 12.4. The Bertz CT molecular complexity index is 354. The van der Waals surface area contributed by atoms with Gasteiger partial charge in [-0.25, -0.2) is 9.59 Å². The van der Waals surface area contributed by atoms with Crippen LogP contribution in [0.15, 0.2) is 0 Å². The number of urea groups is 1. The van der Waals surface area contributed by atoms with Gasteiger partial charge in [0, 0.05) is 32.2 Å². The van der Waals surface area contributed by atoms with E-state index in [9.17, 15) is 9.59 Å². The summed E-state index contributed by atoms with van der Waals surface area (Å²) in [5.74, 6) is 0.712. The molecular weight excluding hydrogens is 258 g/mol. The van der Waals surface area contributed by atoms with E-state index in [1.165, 1.54) is 7.11 Å². The molecule has 114 valence electrons. The van der Waals surface area contributed by atoms with Crippen LogP contribution in [0, 0.1) is 5.92 Å². The summed E-state index contributed by atoms with van der Waals surface area (Å²) in [6.07, 6.45) is 3.66. The minimum Gasteiger partial charge on any atom is -0.453 e. The second kappa shape index (κ2) is 6.81. The molecule has 0 spiro atoms. The number of amides is 3. The lowest BCUT2D eigenvalue weighted by molar-refractivity contribution is 0.105. The van der Waals surface area contributed by atoms with Crippen LogP contribution in [0.4, 0.5) is 9.59 Å². The molecule has 2 aliphatic heterocycles. The third kappa shape index (κ3) is 3.77. The van der Waals surface area contributed by atoms with Gasteiger partial charge in [0.1, 0.15) is 0 Å². The molecule has 2 heterocycles. The van der Waals surface area contributed by atoms with Crippen LogP contribution in [0.1, 0.15) is 32.6 Å². The first kappa shape index (κ1) is 14.9. The van der Waals surface area contributed by atoms with Gasteiger partial charge < -0.3 is 19.9 Å². The van der Waals surface area contributed by atoms with Gasteiger partial charge in [-0.1, -0.05) is 6.92 Å². The first-order valence-corrected chi connectivity index (χ1v) is 7.48. The third-order valence-corrected chi connectivity index (χ3v) is 4.25. The normalized spacial score (nSPS) is 24.4. The molecule has 2 fully saturated rings. The molecule has 2 rings (SSSR count). The zero-order valence-corrected chi connectivity index (χ0v) is 12.4. The minimum atomic E-state index is -0.309. The summed E-state index contributed by atoms with van der Waals surface area (Å²) in [4.78, 5) is 27.3. The van der Waals surface area contributed by atoms with Crippen LogP contribution in [0.25, 0.3) is 0 Å². The average Bonchev–Trinajstić information content (AvgIpc) is 2.47. The summed E-state index contributed by atoms with van der Waals surface area (Å²) in [5, 5.41) is 3.05. The SMILES string of the molecule is COC(=O)N1CCCC(NC(=O)N2CCC(C)CC2)C1. The largest absolute Gasteiger partial charge is 0.453 e. The molecule has 0 aromatic rings. The molecule has 3 amide bonds. The fourth-order valence-corrected chi connectivity index (χ4v) is 2.87. The molecular formula is C14H25N3O3. The van der Waals surface area contributed by atoms with Crippen molar-refractivity contribution in [2.75, 3.05) is 33.3 Å². The minimum absolute atomic E-state index is 0.00798. The lowest BCUT2D eigenvalue weighted by Gasteiger charge is -2.35. The summed E-state index contributed by atoms with van der Waals surface area (Å²) < 4.78 is 4.73. The Balaban J connectivity index is 1.80. The average molecular weight is 283 g/mol. The van der Waals surface area contributed by atoms with E-state index in [0.29, 0.717) is 19.0 Å². The van der Waals surface area contributed by atoms with Crippen LogP contribution in [-0.4, -0.2) is 61.3 Å². The van der Waals surface area contributed by atoms with Crippen molar-refractivity contribution in [1.29, 1.82) is 0 Å². The van der Waals surface area contributed by atoms with Crippen molar-refractivity contribution in [1.82, 2.24) is 15.1 Å². The number of rotatable bonds is 1. The number of nitrogens with one attached hydrogen (secondary N) is 1. The van der Waals surface area contributed by atoms with Gasteiger partial charge in [-0.3, -0.25) is 0 Å². The molecule has 2 aliphatic rings. The number of methoxy groups -OCH3 is 1. The van der Waals surface area contributed by atoms with E-state index in [-0.39, 0.29) is 18.2 Å². The molecule has 0 aliphatic carbocycles. The smallest absolute Gasteiger partial charge is 0.409 e. The van der Waals surface area contributed by atoms with Crippen molar-refractivity contribution in [3.8, 4) is 0 Å². The van der Waals surface area contributed by atoms with Gasteiger partial charge in [-0.15, -0.1) is 0 Å². The molecule has 20 heavy (non-hydrogen) atoms. The van der Waals surface area contributed by atoms with Crippen molar-refractivity contribution >= 4 is 12.1 Å². The maximum absolute atomic E-state index is 12.2. The topological polar surface area (TPSA) is 61.9 Å². The highest BCUT2D eigenvalue weighted by Crippen LogP contribution is 2.17. The van der Waals surface area contributed by atoms with Gasteiger partial charge in [0.15, 0.2) is 0 Å². The zero-order chi connectivity index (χ0) is 14.5. The highest BCUT2D eigenvalue weighted by atomic mass is 16.5. The number of nitrogens with zero attached hydrogens (tertiary/aromatic N) is 2. The van der Waals surface area contributed by atoms with Gasteiger partial charge in [0.05, 0.1) is 7.11 Å². The van der Waals surface area contributed by atoms with E-state index in [0.717, 1.165) is 38.8 Å². The summed E-state index contributed by atoms with van der Waals surface area (Å²) >= 11 is 0. The Morgan fingerprint density at radius 1 is 1.10 bits per heavy atom. The Kier molecular flexibility index (Phi) is 5.09. The van der Waals surface area contributed by atoms with Gasteiger partial charge in [0.2, 0.25) is 0 Å². The first-order valence-electron chi connectivity index (χ1n) is 7.48. The molecule has 1 atom stereocenters. The summed E-state index contributed by atoms with van der Waals surface area (Å²) in [6, 6.07) is 0.0447. The number of carbonyl (C=O) groups is 2. The number of hydrogen-bond donors (Lipinski definition) is 1. The van der Waals surface area contributed by atoms with Gasteiger partial charge in [-0.05, 0) is 31.6 Å². The van der Waals surface area contributed by atoms with E-state index in [4.69, 9.17) is 4.74 Å². The molecule has 1 unspecified atom stereocenters. The predicted molar refractivity (Wildman–Crippen MR) is 75.5 cm³/mol. The summed E-state index contributed by atoms with van der Waals surface area (Å²) in [7, 11) is 1.39. The van der Waals surface area contributed by atoms with Crippen molar-refractivity contribution in [3.05, 3.63) is 0 Å². The van der Waals surface area contributed by atoms with Crippen LogP contribution < -0.4 is 5.32 Å². The number of ether oxygens (including phenoxy) is 1. The maximum atomic E-state index is 12.2. The van der Waals surface area contributed by atoms with E-state index >= 15 is 0 Å². The lowest BCUT2D eigenvalue weighted by Crippen LogP contribution is -2.53. The van der Waals surface area contributed by atoms with E-state index < -0.39 is 0 Å². The van der Waals surface area contributed by atoms with Crippen molar-refractivity contribution in [2.45, 2.75) is 38.6 Å². The van der Waals surface area contributed by atoms with Crippen molar-refractivity contribution in [3.63, 3.8) is 0 Å². The molecule has 0 radical (unpaired) electrons. The highest BCUT2D eigenvalue weighted by molar-refractivity contribution is 5.75. The lowest BCUT2D eigenvalue weighted by atomic mass is 9.99. The summed E-state index contributed by atoms with van der Waals surface area (Å²) in [5.41, 5.74) is 0. The standard InChI is InChI=1S/C14H25N3O3/c1-11-5-8-16(9-6-11)13(18)15-12-4-3-7-17(10-12)14(19)20-2/h11-12H,3-10H2,1-2H3,(H,15,18).